The first-order valence-electron chi connectivity index (χ1n) is 11.7. The van der Waals surface area contributed by atoms with Crippen molar-refractivity contribution in [2.24, 2.45) is 18.7 Å². The molecule has 1 fully saturated rings. The molecule has 9 heteroatoms. The van der Waals surface area contributed by atoms with Gasteiger partial charge in [0.25, 0.3) is 0 Å². The Morgan fingerprint density at radius 2 is 2.03 bits per heavy atom. The topological polar surface area (TPSA) is 123 Å². The van der Waals surface area contributed by atoms with Crippen molar-refractivity contribution >= 4 is 39.9 Å². The number of halogens is 1. The van der Waals surface area contributed by atoms with Crippen LogP contribution in [0.5, 0.6) is 0 Å². The number of fused-ring (bicyclic) bond motifs is 1. The van der Waals surface area contributed by atoms with Crippen molar-refractivity contribution in [2.45, 2.75) is 19.3 Å². The van der Waals surface area contributed by atoms with E-state index in [1.807, 2.05) is 50.5 Å². The molecule has 35 heavy (non-hydrogen) atoms. The van der Waals surface area contributed by atoms with Gasteiger partial charge in [0, 0.05) is 42.3 Å². The summed E-state index contributed by atoms with van der Waals surface area (Å²) in [7, 11) is 1.89. The molecule has 5 rings (SSSR count). The second-order valence-electron chi connectivity index (χ2n) is 9.17. The molecule has 2 aromatic heterocycles. The molecule has 0 saturated carbocycles. The number of piperidine rings is 1. The van der Waals surface area contributed by atoms with Gasteiger partial charge in [-0.15, -0.1) is 0 Å². The zero-order valence-electron chi connectivity index (χ0n) is 19.9. The lowest BCUT2D eigenvalue weighted by Crippen LogP contribution is -2.43. The largest absolute Gasteiger partial charge is 0.382 e. The zero-order valence-corrected chi connectivity index (χ0v) is 20.6. The number of nitrogens with zero attached hydrogens (tertiary/aromatic N) is 5. The summed E-state index contributed by atoms with van der Waals surface area (Å²) in [5.41, 5.74) is 16.9. The first-order valence-corrected chi connectivity index (χ1v) is 12.1. The van der Waals surface area contributed by atoms with E-state index in [0.29, 0.717) is 24.0 Å². The summed E-state index contributed by atoms with van der Waals surface area (Å²) in [5, 5.41) is 15.0. The molecule has 4 aromatic rings. The Morgan fingerprint density at radius 3 is 2.77 bits per heavy atom. The summed E-state index contributed by atoms with van der Waals surface area (Å²) >= 11 is 6.48. The summed E-state index contributed by atoms with van der Waals surface area (Å²) < 4.78 is 1.78. The van der Waals surface area contributed by atoms with E-state index in [2.05, 4.69) is 26.0 Å². The van der Waals surface area contributed by atoms with E-state index < -0.39 is 0 Å². The van der Waals surface area contributed by atoms with Gasteiger partial charge in [-0.05, 0) is 55.0 Å². The van der Waals surface area contributed by atoms with Crippen molar-refractivity contribution in [3.05, 3.63) is 76.2 Å². The average molecular weight is 489 g/mol. The minimum Gasteiger partial charge on any atom is -0.382 e. The van der Waals surface area contributed by atoms with Gasteiger partial charge in [0.05, 0.1) is 17.4 Å². The fourth-order valence-electron chi connectivity index (χ4n) is 5.15. The van der Waals surface area contributed by atoms with E-state index >= 15 is 0 Å². The van der Waals surface area contributed by atoms with Gasteiger partial charge in [0.1, 0.15) is 11.5 Å². The first kappa shape index (κ1) is 23.3. The minimum atomic E-state index is 0.235. The third-order valence-corrected chi connectivity index (χ3v) is 7.38. The SMILES string of the molecule is Cc1c(C(=N)c2ncc(N3CCC(c4ccccc4Cl)[C@@H](CN)C3)nc2N)ccc2nn(C)cc12. The summed E-state index contributed by atoms with van der Waals surface area (Å²) in [6.07, 6.45) is 4.58. The quantitative estimate of drug-likeness (QED) is 0.366. The summed E-state index contributed by atoms with van der Waals surface area (Å²) in [5.74, 6) is 1.48. The van der Waals surface area contributed by atoms with Crippen LogP contribution < -0.4 is 16.4 Å². The number of anilines is 2. The summed E-state index contributed by atoms with van der Waals surface area (Å²) in [6.45, 7) is 4.08. The molecule has 2 aromatic carbocycles. The Balaban J connectivity index is 1.38. The Labute approximate surface area is 209 Å². The third kappa shape index (κ3) is 4.24. The maximum absolute atomic E-state index is 8.80. The van der Waals surface area contributed by atoms with Crippen LogP contribution in [0.2, 0.25) is 5.02 Å². The monoisotopic (exact) mass is 488 g/mol. The van der Waals surface area contributed by atoms with Crippen LogP contribution in [-0.2, 0) is 7.05 Å². The lowest BCUT2D eigenvalue weighted by Gasteiger charge is -2.39. The number of rotatable bonds is 5. The smallest absolute Gasteiger partial charge is 0.154 e. The van der Waals surface area contributed by atoms with Crippen molar-refractivity contribution < 1.29 is 0 Å². The molecule has 0 radical (unpaired) electrons. The highest BCUT2D eigenvalue weighted by Gasteiger charge is 2.31. The highest BCUT2D eigenvalue weighted by Crippen LogP contribution is 2.37. The van der Waals surface area contributed by atoms with Crippen molar-refractivity contribution in [2.75, 3.05) is 30.3 Å². The Morgan fingerprint density at radius 1 is 1.23 bits per heavy atom. The molecule has 3 heterocycles. The molecule has 8 nitrogen and oxygen atoms in total. The molecule has 0 spiro atoms. The maximum atomic E-state index is 8.80. The Bertz CT molecular complexity index is 1410. The molecule has 180 valence electrons. The van der Waals surface area contributed by atoms with Crippen molar-refractivity contribution in [1.29, 1.82) is 5.41 Å². The summed E-state index contributed by atoms with van der Waals surface area (Å²) in [6, 6.07) is 11.8. The average Bonchev–Trinajstić information content (AvgIpc) is 3.25. The molecule has 5 N–H and O–H groups in total. The molecule has 1 aliphatic heterocycles. The van der Waals surface area contributed by atoms with Gasteiger partial charge < -0.3 is 16.4 Å². The van der Waals surface area contributed by atoms with E-state index in [9.17, 15) is 0 Å². The predicted octanol–water partition coefficient (Wildman–Crippen LogP) is 3.89. The standard InChI is InChI=1S/C26H29ClN8/c1-15-17(7-8-22-20(15)14-34(2)33-22)24(29)25-26(30)32-23(12-31-25)35-10-9-18(16(11-28)13-35)19-5-3-4-6-21(19)27/h3-8,12,14,16,18,29H,9-11,13,28H2,1-2H3,(H2,30,32)/t16-,18?/m0/s1. The van der Waals surface area contributed by atoms with E-state index in [-0.39, 0.29) is 17.4 Å². The number of aryl methyl sites for hydroxylation is 2. The van der Waals surface area contributed by atoms with Crippen LogP contribution in [0.3, 0.4) is 0 Å². The highest BCUT2D eigenvalue weighted by molar-refractivity contribution is 6.31. The molecule has 1 aliphatic rings. The predicted molar refractivity (Wildman–Crippen MR) is 141 cm³/mol. The van der Waals surface area contributed by atoms with E-state index in [0.717, 1.165) is 52.1 Å². The number of benzene rings is 2. The van der Waals surface area contributed by atoms with Crippen molar-refractivity contribution in [3.8, 4) is 0 Å². The van der Waals surface area contributed by atoms with Crippen LogP contribution in [0.15, 0.2) is 48.8 Å². The number of nitrogens with two attached hydrogens (primary N) is 2. The van der Waals surface area contributed by atoms with E-state index in [4.69, 9.17) is 28.5 Å². The van der Waals surface area contributed by atoms with Crippen LogP contribution in [0.25, 0.3) is 10.9 Å². The van der Waals surface area contributed by atoms with Gasteiger partial charge in [-0.3, -0.25) is 10.1 Å². The van der Waals surface area contributed by atoms with Gasteiger partial charge in [0.15, 0.2) is 5.82 Å². The molecule has 0 bridgehead atoms. The normalized spacial score (nSPS) is 18.2. The number of nitrogen functional groups attached to an aromatic ring is 1. The van der Waals surface area contributed by atoms with E-state index in [1.54, 1.807) is 10.9 Å². The Hall–Kier alpha value is -3.49. The fourth-order valence-corrected chi connectivity index (χ4v) is 5.43. The molecule has 1 unspecified atom stereocenters. The lowest BCUT2D eigenvalue weighted by molar-refractivity contribution is 0.363. The molecule has 0 amide bonds. The lowest BCUT2D eigenvalue weighted by atomic mass is 9.80. The number of hydrogen-bond acceptors (Lipinski definition) is 7. The highest BCUT2D eigenvalue weighted by atomic mass is 35.5. The Kier molecular flexibility index (Phi) is 6.17. The van der Waals surface area contributed by atoms with Gasteiger partial charge >= 0.3 is 0 Å². The summed E-state index contributed by atoms with van der Waals surface area (Å²) in [4.78, 5) is 11.4. The van der Waals surface area contributed by atoms with Crippen LogP contribution in [0.1, 0.15) is 34.7 Å². The van der Waals surface area contributed by atoms with Gasteiger partial charge in [-0.25, -0.2) is 9.97 Å². The number of nitrogens with one attached hydrogen (secondary N) is 1. The maximum Gasteiger partial charge on any atom is 0.154 e. The van der Waals surface area contributed by atoms with Gasteiger partial charge in [0.2, 0.25) is 0 Å². The number of hydrogen-bond donors (Lipinski definition) is 3. The minimum absolute atomic E-state index is 0.235. The van der Waals surface area contributed by atoms with Crippen LogP contribution in [-0.4, -0.2) is 45.1 Å². The van der Waals surface area contributed by atoms with Gasteiger partial charge in [-0.2, -0.15) is 5.10 Å². The van der Waals surface area contributed by atoms with Crippen LogP contribution in [0, 0.1) is 18.3 Å². The van der Waals surface area contributed by atoms with Crippen molar-refractivity contribution in [1.82, 2.24) is 19.7 Å². The third-order valence-electron chi connectivity index (χ3n) is 7.03. The molecule has 0 aliphatic carbocycles. The second kappa shape index (κ2) is 9.28. The van der Waals surface area contributed by atoms with Crippen LogP contribution in [0.4, 0.5) is 11.6 Å². The fraction of sp³-hybridized carbons (Fsp3) is 0.308. The zero-order chi connectivity index (χ0) is 24.7. The number of aromatic nitrogens is 4. The molecular formula is C26H29ClN8. The molecular weight excluding hydrogens is 460 g/mol. The van der Waals surface area contributed by atoms with Crippen LogP contribution >= 0.6 is 11.6 Å². The second-order valence-corrected chi connectivity index (χ2v) is 9.58. The first-order chi connectivity index (χ1) is 16.9. The van der Waals surface area contributed by atoms with Crippen molar-refractivity contribution in [3.63, 3.8) is 0 Å². The molecule has 1 saturated heterocycles. The van der Waals surface area contributed by atoms with Gasteiger partial charge in [-0.1, -0.05) is 35.9 Å². The molecule has 2 atom stereocenters. The van der Waals surface area contributed by atoms with E-state index in [1.165, 1.54) is 0 Å².